The SMILES string of the molecule is CSCCOC1CCCC1N. The standard InChI is InChI=1S/C8H17NOS/c1-11-6-5-10-8-4-2-3-7(8)9/h7-8H,2-6,9H2,1H3. The first-order valence-electron chi connectivity index (χ1n) is 4.20. The van der Waals surface area contributed by atoms with Crippen LogP contribution in [0.3, 0.4) is 0 Å². The molecule has 2 nitrogen and oxygen atoms in total. The summed E-state index contributed by atoms with van der Waals surface area (Å²) in [5.74, 6) is 1.09. The molecule has 0 aromatic heterocycles. The van der Waals surface area contributed by atoms with Gasteiger partial charge in [0, 0.05) is 11.8 Å². The van der Waals surface area contributed by atoms with Gasteiger partial charge in [0.15, 0.2) is 0 Å². The molecule has 66 valence electrons. The van der Waals surface area contributed by atoms with E-state index in [4.69, 9.17) is 10.5 Å². The maximum absolute atomic E-state index is 5.83. The predicted octanol–water partition coefficient (Wildman–Crippen LogP) is 1.25. The Morgan fingerprint density at radius 1 is 1.55 bits per heavy atom. The predicted molar refractivity (Wildman–Crippen MR) is 49.9 cm³/mol. The van der Waals surface area contributed by atoms with Gasteiger partial charge in [0.2, 0.25) is 0 Å². The second-order valence-corrected chi connectivity index (χ2v) is 3.98. The summed E-state index contributed by atoms with van der Waals surface area (Å²) in [6.45, 7) is 0.861. The van der Waals surface area contributed by atoms with Gasteiger partial charge in [0.1, 0.15) is 0 Å². The maximum atomic E-state index is 5.83. The third kappa shape index (κ3) is 3.01. The summed E-state index contributed by atoms with van der Waals surface area (Å²) >= 11 is 1.82. The molecular weight excluding hydrogens is 158 g/mol. The summed E-state index contributed by atoms with van der Waals surface area (Å²) in [4.78, 5) is 0. The first kappa shape index (κ1) is 9.36. The topological polar surface area (TPSA) is 35.2 Å². The van der Waals surface area contributed by atoms with Gasteiger partial charge in [-0.3, -0.25) is 0 Å². The van der Waals surface area contributed by atoms with E-state index in [1.807, 2.05) is 11.8 Å². The van der Waals surface area contributed by atoms with Crippen LogP contribution in [0.2, 0.25) is 0 Å². The molecule has 1 saturated carbocycles. The minimum absolute atomic E-state index is 0.303. The van der Waals surface area contributed by atoms with Gasteiger partial charge in [0.05, 0.1) is 12.7 Å². The lowest BCUT2D eigenvalue weighted by atomic mass is 10.2. The van der Waals surface area contributed by atoms with Crippen LogP contribution in [0.5, 0.6) is 0 Å². The van der Waals surface area contributed by atoms with E-state index >= 15 is 0 Å². The fourth-order valence-electron chi connectivity index (χ4n) is 1.44. The minimum Gasteiger partial charge on any atom is -0.376 e. The molecule has 0 bridgehead atoms. The first-order valence-corrected chi connectivity index (χ1v) is 5.60. The van der Waals surface area contributed by atoms with Crippen molar-refractivity contribution in [2.45, 2.75) is 31.4 Å². The molecule has 0 aromatic rings. The Kier molecular flexibility index (Phi) is 4.26. The Morgan fingerprint density at radius 3 is 2.91 bits per heavy atom. The van der Waals surface area contributed by atoms with E-state index in [9.17, 15) is 0 Å². The van der Waals surface area contributed by atoms with Crippen molar-refractivity contribution in [1.29, 1.82) is 0 Å². The van der Waals surface area contributed by atoms with Crippen molar-refractivity contribution in [3.05, 3.63) is 0 Å². The third-order valence-electron chi connectivity index (χ3n) is 2.12. The largest absolute Gasteiger partial charge is 0.376 e. The third-order valence-corrected chi connectivity index (χ3v) is 2.70. The van der Waals surface area contributed by atoms with Crippen molar-refractivity contribution in [3.8, 4) is 0 Å². The second kappa shape index (κ2) is 5.01. The van der Waals surface area contributed by atoms with Crippen LogP contribution in [0.25, 0.3) is 0 Å². The van der Waals surface area contributed by atoms with Crippen LogP contribution in [0.15, 0.2) is 0 Å². The lowest BCUT2D eigenvalue weighted by molar-refractivity contribution is 0.0594. The molecule has 1 fully saturated rings. The van der Waals surface area contributed by atoms with Gasteiger partial charge in [-0.15, -0.1) is 0 Å². The highest BCUT2D eigenvalue weighted by atomic mass is 32.2. The summed E-state index contributed by atoms with van der Waals surface area (Å²) in [7, 11) is 0. The normalized spacial score (nSPS) is 31.1. The summed E-state index contributed by atoms with van der Waals surface area (Å²) in [5.41, 5.74) is 5.83. The highest BCUT2D eigenvalue weighted by Gasteiger charge is 2.23. The average molecular weight is 175 g/mol. The monoisotopic (exact) mass is 175 g/mol. The molecule has 0 amide bonds. The van der Waals surface area contributed by atoms with Crippen molar-refractivity contribution in [3.63, 3.8) is 0 Å². The second-order valence-electron chi connectivity index (χ2n) is 3.00. The summed E-state index contributed by atoms with van der Waals surface area (Å²) in [5, 5.41) is 0. The molecule has 0 spiro atoms. The van der Waals surface area contributed by atoms with Crippen molar-refractivity contribution < 1.29 is 4.74 Å². The van der Waals surface area contributed by atoms with Gasteiger partial charge in [0.25, 0.3) is 0 Å². The number of ether oxygens (including phenoxy) is 1. The molecule has 0 aliphatic heterocycles. The Morgan fingerprint density at radius 2 is 2.36 bits per heavy atom. The molecular formula is C8H17NOS. The Balaban J connectivity index is 2.05. The van der Waals surface area contributed by atoms with Crippen LogP contribution in [0, 0.1) is 0 Å². The highest BCUT2D eigenvalue weighted by Crippen LogP contribution is 2.20. The molecule has 1 aliphatic rings. The zero-order chi connectivity index (χ0) is 8.10. The number of hydrogen-bond acceptors (Lipinski definition) is 3. The molecule has 0 aromatic carbocycles. The van der Waals surface area contributed by atoms with Crippen LogP contribution in [0.1, 0.15) is 19.3 Å². The highest BCUT2D eigenvalue weighted by molar-refractivity contribution is 7.98. The van der Waals surface area contributed by atoms with Gasteiger partial charge in [-0.2, -0.15) is 11.8 Å². The van der Waals surface area contributed by atoms with Gasteiger partial charge in [-0.05, 0) is 25.5 Å². The van der Waals surface area contributed by atoms with E-state index in [0.29, 0.717) is 12.1 Å². The summed E-state index contributed by atoms with van der Waals surface area (Å²) in [6.07, 6.45) is 5.99. The van der Waals surface area contributed by atoms with E-state index in [1.54, 1.807) is 0 Å². The Bertz CT molecular complexity index is 110. The quantitative estimate of drug-likeness (QED) is 0.653. The van der Waals surface area contributed by atoms with E-state index < -0.39 is 0 Å². The molecule has 2 atom stereocenters. The van der Waals surface area contributed by atoms with Crippen LogP contribution in [-0.2, 0) is 4.74 Å². The average Bonchev–Trinajstić information content (AvgIpc) is 2.37. The van der Waals surface area contributed by atoms with E-state index in [1.165, 1.54) is 6.42 Å². The lowest BCUT2D eigenvalue weighted by Crippen LogP contribution is -2.31. The number of nitrogens with two attached hydrogens (primary N) is 1. The van der Waals surface area contributed by atoms with E-state index in [-0.39, 0.29) is 0 Å². The fraction of sp³-hybridized carbons (Fsp3) is 1.00. The number of hydrogen-bond donors (Lipinski definition) is 1. The molecule has 2 unspecified atom stereocenters. The molecule has 2 N–H and O–H groups in total. The van der Waals surface area contributed by atoms with Crippen LogP contribution in [-0.4, -0.2) is 30.8 Å². The molecule has 11 heavy (non-hydrogen) atoms. The Labute approximate surface area is 72.9 Å². The zero-order valence-electron chi connectivity index (χ0n) is 7.08. The molecule has 0 radical (unpaired) electrons. The van der Waals surface area contributed by atoms with Gasteiger partial charge in [-0.1, -0.05) is 0 Å². The Hall–Kier alpha value is 0.270. The number of thioether (sulfide) groups is 1. The van der Waals surface area contributed by atoms with Crippen LogP contribution in [0.4, 0.5) is 0 Å². The summed E-state index contributed by atoms with van der Waals surface area (Å²) in [6, 6.07) is 0.303. The molecule has 3 heteroatoms. The van der Waals surface area contributed by atoms with Crippen molar-refractivity contribution in [1.82, 2.24) is 0 Å². The van der Waals surface area contributed by atoms with Gasteiger partial charge >= 0.3 is 0 Å². The minimum atomic E-state index is 0.303. The smallest absolute Gasteiger partial charge is 0.0726 e. The molecule has 1 rings (SSSR count). The zero-order valence-corrected chi connectivity index (χ0v) is 7.90. The first-order chi connectivity index (χ1) is 5.34. The maximum Gasteiger partial charge on any atom is 0.0726 e. The molecule has 0 heterocycles. The number of rotatable bonds is 4. The molecule has 0 saturated heterocycles. The van der Waals surface area contributed by atoms with Crippen molar-refractivity contribution >= 4 is 11.8 Å². The van der Waals surface area contributed by atoms with Crippen LogP contribution >= 0.6 is 11.8 Å². The van der Waals surface area contributed by atoms with E-state index in [2.05, 4.69) is 6.26 Å². The van der Waals surface area contributed by atoms with Gasteiger partial charge in [-0.25, -0.2) is 0 Å². The van der Waals surface area contributed by atoms with Crippen molar-refractivity contribution in [2.75, 3.05) is 18.6 Å². The fourth-order valence-corrected chi connectivity index (χ4v) is 1.71. The van der Waals surface area contributed by atoms with Crippen molar-refractivity contribution in [2.24, 2.45) is 5.73 Å². The molecule has 1 aliphatic carbocycles. The van der Waals surface area contributed by atoms with Crippen LogP contribution < -0.4 is 5.73 Å². The van der Waals surface area contributed by atoms with E-state index in [0.717, 1.165) is 25.2 Å². The lowest BCUT2D eigenvalue weighted by Gasteiger charge is -2.15. The summed E-state index contributed by atoms with van der Waals surface area (Å²) < 4.78 is 5.61. The van der Waals surface area contributed by atoms with Gasteiger partial charge < -0.3 is 10.5 Å².